The molecule has 1 aliphatic rings. The van der Waals surface area contributed by atoms with Gasteiger partial charge >= 0.3 is 36.4 Å². The van der Waals surface area contributed by atoms with Crippen LogP contribution in [0.3, 0.4) is 0 Å². The molecule has 0 bridgehead atoms. The number of aliphatic carboxylic acids is 3. The number of fused-ring (bicyclic) bond motifs is 2. The minimum atomic E-state index is -5.08. The van der Waals surface area contributed by atoms with Gasteiger partial charge in [-0.2, -0.15) is 39.5 Å². The highest BCUT2D eigenvalue weighted by molar-refractivity contribution is 7.18. The van der Waals surface area contributed by atoms with Gasteiger partial charge in [0.1, 0.15) is 28.6 Å². The highest BCUT2D eigenvalue weighted by Crippen LogP contribution is 2.40. The molecule has 0 saturated carbocycles. The summed E-state index contributed by atoms with van der Waals surface area (Å²) in [6.45, 7) is 2.02. The Balaban J connectivity index is 0.000000379. The highest BCUT2D eigenvalue weighted by atomic mass is 32.1. The molecule has 1 aliphatic heterocycles. The number of rotatable bonds is 6. The van der Waals surface area contributed by atoms with E-state index in [-0.39, 0.29) is 11.9 Å². The van der Waals surface area contributed by atoms with Crippen molar-refractivity contribution in [3.63, 3.8) is 0 Å². The Morgan fingerprint density at radius 2 is 1.45 bits per heavy atom. The number of likely N-dealkylation sites (N-methyl/N-ethyl adjacent to an activating group) is 1. The number of halogens is 9. The Morgan fingerprint density at radius 3 is 1.96 bits per heavy atom. The second kappa shape index (κ2) is 18.3. The van der Waals surface area contributed by atoms with E-state index in [2.05, 4.69) is 33.1 Å². The van der Waals surface area contributed by atoms with Crippen molar-refractivity contribution in [2.24, 2.45) is 0 Å². The largest absolute Gasteiger partial charge is 0.493 e. The monoisotopic (exact) mass is 789 g/mol. The van der Waals surface area contributed by atoms with Crippen LogP contribution in [0.5, 0.6) is 11.5 Å². The molecule has 0 saturated heterocycles. The van der Waals surface area contributed by atoms with Gasteiger partial charge in [-0.1, -0.05) is 18.2 Å². The van der Waals surface area contributed by atoms with Crippen LogP contribution in [0.1, 0.15) is 16.5 Å². The first-order valence-electron chi connectivity index (χ1n) is 14.3. The van der Waals surface area contributed by atoms with E-state index in [9.17, 15) is 39.5 Å². The molecular weight excluding hydrogens is 761 g/mol. The number of hydrogen-bond donors (Lipinski definition) is 4. The molecule has 13 nitrogen and oxygen atoms in total. The highest BCUT2D eigenvalue weighted by Gasteiger charge is 2.39. The summed E-state index contributed by atoms with van der Waals surface area (Å²) in [7, 11) is 4.06. The summed E-state index contributed by atoms with van der Waals surface area (Å²) in [5.74, 6) is -6.07. The number of aromatic nitrogens is 3. The van der Waals surface area contributed by atoms with Crippen LogP contribution in [0.2, 0.25) is 0 Å². The van der Waals surface area contributed by atoms with Crippen LogP contribution in [0.4, 0.5) is 45.5 Å². The lowest BCUT2D eigenvalue weighted by atomic mass is 9.97. The number of para-hydroxylation sites is 1. The van der Waals surface area contributed by atoms with Gasteiger partial charge in [-0.15, -0.1) is 11.3 Å². The van der Waals surface area contributed by atoms with E-state index in [1.165, 1.54) is 5.56 Å². The van der Waals surface area contributed by atoms with Crippen LogP contribution < -0.4 is 15.2 Å². The Kier molecular flexibility index (Phi) is 15.1. The summed E-state index contributed by atoms with van der Waals surface area (Å²) < 4.78 is 108. The van der Waals surface area contributed by atoms with E-state index in [4.69, 9.17) is 49.9 Å². The first kappa shape index (κ1) is 43.7. The first-order valence-corrected chi connectivity index (χ1v) is 15.1. The van der Waals surface area contributed by atoms with E-state index in [1.807, 2.05) is 38.4 Å². The SMILES string of the molecule is CN(C)CCOc1cc(-c2ccnc(N)n2)cc2sc(C3COc4ccccc4C3)nc12.O=C(O)C(F)(F)F.O=C(O)C(F)(F)F.O=C(O)C(F)(F)F. The van der Waals surface area contributed by atoms with E-state index in [0.717, 1.165) is 50.9 Å². The lowest BCUT2D eigenvalue weighted by Crippen LogP contribution is -2.21. The number of carboxylic acids is 3. The molecule has 5 rings (SSSR count). The quantitative estimate of drug-likeness (QED) is 0.169. The Hall–Kier alpha value is -5.45. The molecule has 290 valence electrons. The fourth-order valence-corrected chi connectivity index (χ4v) is 4.92. The van der Waals surface area contributed by atoms with Gasteiger partial charge in [0.25, 0.3) is 0 Å². The second-order valence-electron chi connectivity index (χ2n) is 10.6. The molecule has 4 aromatic rings. The van der Waals surface area contributed by atoms with Crippen molar-refractivity contribution in [2.75, 3.05) is 39.6 Å². The summed E-state index contributed by atoms with van der Waals surface area (Å²) in [6.07, 6.45) is -12.7. The van der Waals surface area contributed by atoms with Crippen LogP contribution in [-0.4, -0.2) is 105 Å². The molecule has 23 heteroatoms. The maximum Gasteiger partial charge on any atom is 0.490 e. The minimum absolute atomic E-state index is 0.218. The van der Waals surface area contributed by atoms with Gasteiger partial charge in [0.05, 0.1) is 17.0 Å². The predicted octanol–water partition coefficient (Wildman–Crippen LogP) is 5.89. The number of carboxylic acid groups (broad SMARTS) is 3. The maximum atomic E-state index is 10.6. The van der Waals surface area contributed by atoms with E-state index in [0.29, 0.717) is 13.2 Å². The summed E-state index contributed by atoms with van der Waals surface area (Å²) in [5, 5.41) is 22.4. The lowest BCUT2D eigenvalue weighted by Gasteiger charge is -2.23. The van der Waals surface area contributed by atoms with Crippen LogP contribution in [0, 0.1) is 0 Å². The molecule has 1 atom stereocenters. The zero-order valence-electron chi connectivity index (χ0n) is 27.1. The molecule has 5 N–H and O–H groups in total. The van der Waals surface area contributed by atoms with Crippen molar-refractivity contribution in [1.82, 2.24) is 19.9 Å². The number of anilines is 1. The molecule has 0 amide bonds. The fourth-order valence-electron chi connectivity index (χ4n) is 3.81. The second-order valence-corrected chi connectivity index (χ2v) is 11.6. The average Bonchev–Trinajstić information content (AvgIpc) is 3.49. The third-order valence-electron chi connectivity index (χ3n) is 6.20. The third-order valence-corrected chi connectivity index (χ3v) is 7.36. The smallest absolute Gasteiger partial charge is 0.490 e. The molecule has 2 aromatic carbocycles. The van der Waals surface area contributed by atoms with Crippen LogP contribution in [0.25, 0.3) is 21.5 Å². The van der Waals surface area contributed by atoms with Crippen LogP contribution in [-0.2, 0) is 20.8 Å². The molecule has 2 aromatic heterocycles. The van der Waals surface area contributed by atoms with Gasteiger partial charge in [-0.05, 0) is 50.3 Å². The maximum absolute atomic E-state index is 10.6. The number of ether oxygens (including phenoxy) is 2. The molecule has 53 heavy (non-hydrogen) atoms. The summed E-state index contributed by atoms with van der Waals surface area (Å²) in [6, 6.07) is 14.2. The number of benzene rings is 2. The van der Waals surface area contributed by atoms with Gasteiger partial charge in [0, 0.05) is 24.2 Å². The van der Waals surface area contributed by atoms with Gasteiger partial charge < -0.3 is 35.4 Å². The Bertz CT molecular complexity index is 1810. The van der Waals surface area contributed by atoms with Gasteiger partial charge in [-0.3, -0.25) is 0 Å². The molecule has 0 aliphatic carbocycles. The number of nitrogens with two attached hydrogens (primary N) is 1. The number of nitrogen functional groups attached to an aromatic ring is 1. The summed E-state index contributed by atoms with van der Waals surface area (Å²) in [5.41, 5.74) is 9.63. The Labute approximate surface area is 296 Å². The molecule has 3 heterocycles. The zero-order valence-corrected chi connectivity index (χ0v) is 27.9. The van der Waals surface area contributed by atoms with Crippen molar-refractivity contribution < 1.29 is 78.7 Å². The Morgan fingerprint density at radius 1 is 0.906 bits per heavy atom. The first-order chi connectivity index (χ1) is 24.4. The van der Waals surface area contributed by atoms with Crippen molar-refractivity contribution in [1.29, 1.82) is 0 Å². The molecule has 0 spiro atoms. The van der Waals surface area contributed by atoms with Crippen molar-refractivity contribution in [3.05, 3.63) is 59.2 Å². The van der Waals surface area contributed by atoms with Gasteiger partial charge in [0.2, 0.25) is 5.95 Å². The van der Waals surface area contributed by atoms with E-state index in [1.54, 1.807) is 17.5 Å². The number of nitrogens with zero attached hydrogens (tertiary/aromatic N) is 4. The van der Waals surface area contributed by atoms with Crippen molar-refractivity contribution in [3.8, 4) is 22.8 Å². The normalized spacial score (nSPS) is 13.8. The zero-order chi connectivity index (χ0) is 40.3. The molecule has 0 fully saturated rings. The van der Waals surface area contributed by atoms with Crippen LogP contribution in [0.15, 0.2) is 48.7 Å². The fraction of sp³-hybridized carbons (Fsp3) is 0.333. The predicted molar refractivity (Wildman–Crippen MR) is 169 cm³/mol. The standard InChI is InChI=1S/C24H25N5O2S.3C2HF3O2/c1-29(2)9-10-30-20-12-16(18-7-8-26-24(25)27-18)13-21-22(20)28-23(32-21)17-11-15-5-3-4-6-19(15)31-14-17;3*3-2(4,5)1(6)7/h3-8,12-13,17H,9-11,14H2,1-2H3,(H2,25,26,27);3*(H,6,7). The van der Waals surface area contributed by atoms with Crippen molar-refractivity contribution in [2.45, 2.75) is 30.9 Å². The van der Waals surface area contributed by atoms with E-state index < -0.39 is 36.4 Å². The number of alkyl halides is 9. The number of thiazole rings is 1. The average molecular weight is 790 g/mol. The lowest BCUT2D eigenvalue weighted by molar-refractivity contribution is -0.193. The molecule has 1 unspecified atom stereocenters. The van der Waals surface area contributed by atoms with Crippen molar-refractivity contribution >= 4 is 45.4 Å². The summed E-state index contributed by atoms with van der Waals surface area (Å²) >= 11 is 1.69. The topological polar surface area (TPSA) is 198 Å². The molecule has 0 radical (unpaired) electrons. The number of carbonyl (C=O) groups is 3. The third kappa shape index (κ3) is 14.2. The minimum Gasteiger partial charge on any atom is -0.493 e. The van der Waals surface area contributed by atoms with Crippen LogP contribution >= 0.6 is 11.3 Å². The van der Waals surface area contributed by atoms with Gasteiger partial charge in [-0.25, -0.2) is 29.3 Å². The van der Waals surface area contributed by atoms with E-state index >= 15 is 0 Å². The summed E-state index contributed by atoms with van der Waals surface area (Å²) in [4.78, 5) is 42.2. The number of hydrogen-bond acceptors (Lipinski definition) is 11. The van der Waals surface area contributed by atoms with Gasteiger partial charge in [0.15, 0.2) is 0 Å². The molecular formula is C30H28F9N5O8S.